The minimum absolute atomic E-state index is 0.604. The first-order valence-electron chi connectivity index (χ1n) is 6.75. The maximum absolute atomic E-state index is 9.08. The molecule has 0 saturated heterocycles. The van der Waals surface area contributed by atoms with Crippen LogP contribution < -0.4 is 4.57 Å². The number of nitrogens with zero attached hydrogens (tertiary/aromatic N) is 2. The maximum Gasteiger partial charge on any atom is 0.244 e. The molecule has 0 fully saturated rings. The SMILES string of the molecule is CCCn1c[n+](CCC)c2ccccc21.CS(=O)(=O)[O-]. The molecule has 2 aromatic rings. The second kappa shape index (κ2) is 7.40. The van der Waals surface area contributed by atoms with E-state index in [1.54, 1.807) is 0 Å². The maximum atomic E-state index is 9.08. The minimum Gasteiger partial charge on any atom is -0.748 e. The average Bonchev–Trinajstić information content (AvgIpc) is 2.68. The Labute approximate surface area is 120 Å². The fourth-order valence-electron chi connectivity index (χ4n) is 2.08. The van der Waals surface area contributed by atoms with E-state index in [9.17, 15) is 0 Å². The number of aromatic nitrogens is 2. The lowest BCUT2D eigenvalue weighted by Gasteiger charge is -1.91. The van der Waals surface area contributed by atoms with Gasteiger partial charge in [0.2, 0.25) is 6.33 Å². The lowest BCUT2D eigenvalue weighted by Crippen LogP contribution is -2.31. The topological polar surface area (TPSA) is 66.0 Å². The van der Waals surface area contributed by atoms with Crippen molar-refractivity contribution in [3.8, 4) is 0 Å². The summed E-state index contributed by atoms with van der Waals surface area (Å²) in [6, 6.07) is 8.64. The summed E-state index contributed by atoms with van der Waals surface area (Å²) in [6.07, 6.45) is 5.22. The summed E-state index contributed by atoms with van der Waals surface area (Å²) in [6.45, 7) is 6.66. The van der Waals surface area contributed by atoms with Gasteiger partial charge >= 0.3 is 0 Å². The number of hydrogen-bond acceptors (Lipinski definition) is 3. The van der Waals surface area contributed by atoms with Crippen LogP contribution in [0.1, 0.15) is 26.7 Å². The van der Waals surface area contributed by atoms with Crippen molar-refractivity contribution in [2.75, 3.05) is 6.26 Å². The van der Waals surface area contributed by atoms with Gasteiger partial charge in [0, 0.05) is 6.26 Å². The Morgan fingerprint density at radius 3 is 2.35 bits per heavy atom. The zero-order chi connectivity index (χ0) is 15.2. The highest BCUT2D eigenvalue weighted by atomic mass is 32.2. The second-order valence-corrected chi connectivity index (χ2v) is 6.10. The summed E-state index contributed by atoms with van der Waals surface area (Å²) < 4.78 is 31.9. The number of rotatable bonds is 4. The molecule has 2 rings (SSSR count). The van der Waals surface area contributed by atoms with Crippen molar-refractivity contribution in [1.29, 1.82) is 0 Å². The van der Waals surface area contributed by atoms with Gasteiger partial charge in [0.15, 0.2) is 11.0 Å². The summed E-state index contributed by atoms with van der Waals surface area (Å²) >= 11 is 0. The molecule has 0 aliphatic heterocycles. The molecular formula is C14H22N2O3S. The fraction of sp³-hybridized carbons (Fsp3) is 0.500. The molecule has 0 aliphatic carbocycles. The van der Waals surface area contributed by atoms with E-state index in [1.165, 1.54) is 23.9 Å². The number of benzene rings is 1. The van der Waals surface area contributed by atoms with Gasteiger partial charge in [-0.05, 0) is 25.0 Å². The summed E-state index contributed by atoms with van der Waals surface area (Å²) in [5.74, 6) is 0. The molecule has 6 heteroatoms. The molecule has 20 heavy (non-hydrogen) atoms. The molecule has 1 aromatic heterocycles. The molecule has 0 bridgehead atoms. The van der Waals surface area contributed by atoms with E-state index in [0.29, 0.717) is 6.26 Å². The Balaban J connectivity index is 0.000000347. The monoisotopic (exact) mass is 298 g/mol. The van der Waals surface area contributed by atoms with Gasteiger partial charge in [0.1, 0.15) is 0 Å². The highest BCUT2D eigenvalue weighted by Gasteiger charge is 2.12. The highest BCUT2D eigenvalue weighted by Crippen LogP contribution is 2.11. The summed E-state index contributed by atoms with van der Waals surface area (Å²) in [7, 11) is -3.92. The molecule has 0 amide bonds. The number of imidazole rings is 1. The standard InChI is InChI=1S/C13H19N2.CH4O3S/c1-3-9-14-11-15(10-4-2)13-8-6-5-7-12(13)14;1-5(2,3)4/h5-8,11H,3-4,9-10H2,1-2H3;1H3,(H,2,3,4)/q+1;/p-1. The third kappa shape index (κ3) is 5.30. The van der Waals surface area contributed by atoms with Gasteiger partial charge < -0.3 is 4.55 Å². The average molecular weight is 298 g/mol. The van der Waals surface area contributed by atoms with Crippen molar-refractivity contribution >= 4 is 21.2 Å². The van der Waals surface area contributed by atoms with Crippen LogP contribution in [0.3, 0.4) is 0 Å². The van der Waals surface area contributed by atoms with Crippen molar-refractivity contribution < 1.29 is 17.5 Å². The molecule has 112 valence electrons. The van der Waals surface area contributed by atoms with Gasteiger partial charge in [-0.25, -0.2) is 17.6 Å². The summed E-state index contributed by atoms with van der Waals surface area (Å²) in [5.41, 5.74) is 2.71. The first-order chi connectivity index (χ1) is 9.36. The predicted octanol–water partition coefficient (Wildman–Crippen LogP) is 1.91. The van der Waals surface area contributed by atoms with E-state index in [0.717, 1.165) is 13.1 Å². The first-order valence-corrected chi connectivity index (χ1v) is 8.56. The summed E-state index contributed by atoms with van der Waals surface area (Å²) in [5, 5.41) is 0. The van der Waals surface area contributed by atoms with Crippen LogP contribution in [0.5, 0.6) is 0 Å². The van der Waals surface area contributed by atoms with Crippen LogP contribution in [0.4, 0.5) is 0 Å². The molecule has 0 spiro atoms. The Kier molecular flexibility index (Phi) is 6.16. The summed E-state index contributed by atoms with van der Waals surface area (Å²) in [4.78, 5) is 0. The predicted molar refractivity (Wildman–Crippen MR) is 78.3 cm³/mol. The normalized spacial score (nSPS) is 11.2. The zero-order valence-electron chi connectivity index (χ0n) is 12.2. The molecule has 1 aromatic carbocycles. The van der Waals surface area contributed by atoms with Crippen LogP contribution in [0.15, 0.2) is 30.6 Å². The molecule has 0 saturated carbocycles. The highest BCUT2D eigenvalue weighted by molar-refractivity contribution is 7.84. The lowest BCUT2D eigenvalue weighted by molar-refractivity contribution is -0.672. The molecule has 0 radical (unpaired) electrons. The van der Waals surface area contributed by atoms with Gasteiger partial charge in [-0.1, -0.05) is 26.0 Å². The Morgan fingerprint density at radius 1 is 1.20 bits per heavy atom. The van der Waals surface area contributed by atoms with Crippen LogP contribution in [0, 0.1) is 0 Å². The van der Waals surface area contributed by atoms with Gasteiger partial charge in [0.05, 0.1) is 23.2 Å². The van der Waals surface area contributed by atoms with E-state index in [4.69, 9.17) is 13.0 Å². The van der Waals surface area contributed by atoms with Crippen molar-refractivity contribution in [3.63, 3.8) is 0 Å². The number of hydrogen-bond donors (Lipinski definition) is 0. The van der Waals surface area contributed by atoms with Gasteiger partial charge in [-0.3, -0.25) is 0 Å². The zero-order valence-corrected chi connectivity index (χ0v) is 13.1. The van der Waals surface area contributed by atoms with Crippen molar-refractivity contribution in [3.05, 3.63) is 30.6 Å². The van der Waals surface area contributed by atoms with E-state index in [2.05, 4.69) is 53.6 Å². The van der Waals surface area contributed by atoms with E-state index >= 15 is 0 Å². The van der Waals surface area contributed by atoms with Crippen molar-refractivity contribution in [2.24, 2.45) is 0 Å². The smallest absolute Gasteiger partial charge is 0.244 e. The largest absolute Gasteiger partial charge is 0.748 e. The van der Waals surface area contributed by atoms with Gasteiger partial charge in [-0.15, -0.1) is 0 Å². The van der Waals surface area contributed by atoms with Crippen LogP contribution in [-0.2, 0) is 23.2 Å². The first kappa shape index (κ1) is 16.7. The van der Waals surface area contributed by atoms with Crippen LogP contribution in [-0.4, -0.2) is 23.8 Å². The Hall–Kier alpha value is -1.40. The molecule has 5 nitrogen and oxygen atoms in total. The van der Waals surface area contributed by atoms with Crippen LogP contribution in [0.25, 0.3) is 11.0 Å². The third-order valence-corrected chi connectivity index (χ3v) is 2.71. The Bertz CT molecular complexity index is 599. The van der Waals surface area contributed by atoms with Crippen molar-refractivity contribution in [2.45, 2.75) is 39.8 Å². The van der Waals surface area contributed by atoms with Crippen molar-refractivity contribution in [1.82, 2.24) is 4.57 Å². The Morgan fingerprint density at radius 2 is 1.80 bits per heavy atom. The van der Waals surface area contributed by atoms with E-state index < -0.39 is 10.1 Å². The second-order valence-electron chi connectivity index (χ2n) is 4.70. The number of aryl methyl sites for hydroxylation is 2. The van der Waals surface area contributed by atoms with Gasteiger partial charge in [-0.2, -0.15) is 0 Å². The molecular weight excluding hydrogens is 276 g/mol. The quantitative estimate of drug-likeness (QED) is 0.639. The fourth-order valence-corrected chi connectivity index (χ4v) is 2.08. The third-order valence-electron chi connectivity index (χ3n) is 2.71. The van der Waals surface area contributed by atoms with Crippen LogP contribution >= 0.6 is 0 Å². The minimum atomic E-state index is -3.92. The molecule has 0 N–H and O–H groups in total. The number of fused-ring (bicyclic) bond motifs is 1. The lowest BCUT2D eigenvalue weighted by atomic mass is 10.3. The molecule has 1 heterocycles. The molecule has 0 unspecified atom stereocenters. The number of para-hydroxylation sites is 2. The molecule has 0 atom stereocenters. The van der Waals surface area contributed by atoms with Gasteiger partial charge in [0.25, 0.3) is 0 Å². The van der Waals surface area contributed by atoms with E-state index in [1.807, 2.05) is 0 Å². The molecule has 0 aliphatic rings. The van der Waals surface area contributed by atoms with E-state index in [-0.39, 0.29) is 0 Å². The van der Waals surface area contributed by atoms with Crippen LogP contribution in [0.2, 0.25) is 0 Å².